The van der Waals surface area contributed by atoms with Gasteiger partial charge in [-0.1, -0.05) is 18.2 Å². The second-order valence-electron chi connectivity index (χ2n) is 5.92. The Morgan fingerprint density at radius 2 is 1.85 bits per heavy atom. The molecule has 2 amide bonds. The number of hydrogen-bond donors (Lipinski definition) is 1. The minimum Gasteiger partial charge on any atom is -0.323 e. The van der Waals surface area contributed by atoms with Gasteiger partial charge in [0.2, 0.25) is 11.8 Å². The molecule has 3 rings (SSSR count). The van der Waals surface area contributed by atoms with E-state index in [9.17, 15) is 27.2 Å². The smallest absolute Gasteiger partial charge is 0.323 e. The summed E-state index contributed by atoms with van der Waals surface area (Å²) in [6.07, 6.45) is -4.68. The summed E-state index contributed by atoms with van der Waals surface area (Å²) in [5.74, 6) is -2.41. The van der Waals surface area contributed by atoms with Crippen LogP contribution in [0, 0.1) is 11.7 Å². The number of rotatable bonds is 3. The van der Waals surface area contributed by atoms with Crippen LogP contribution >= 0.6 is 0 Å². The number of carbonyl (C=O) groups excluding carboxylic acids is 2. The number of halogens is 4. The van der Waals surface area contributed by atoms with E-state index in [4.69, 9.17) is 0 Å². The van der Waals surface area contributed by atoms with Gasteiger partial charge in [0.25, 0.3) is 0 Å². The Balaban J connectivity index is 1.75. The molecule has 1 aliphatic heterocycles. The Morgan fingerprint density at radius 3 is 2.54 bits per heavy atom. The number of alkyl halides is 3. The first-order chi connectivity index (χ1) is 12.3. The maximum absolute atomic E-state index is 13.6. The molecule has 0 aliphatic carbocycles. The highest BCUT2D eigenvalue weighted by molar-refractivity contribution is 6.03. The zero-order valence-corrected chi connectivity index (χ0v) is 13.4. The fraction of sp³-hybridized carbons (Fsp3) is 0.222. The van der Waals surface area contributed by atoms with Gasteiger partial charge in [0.1, 0.15) is 5.82 Å². The monoisotopic (exact) mass is 366 g/mol. The van der Waals surface area contributed by atoms with E-state index in [-0.39, 0.29) is 24.3 Å². The van der Waals surface area contributed by atoms with Crippen LogP contribution in [0.25, 0.3) is 0 Å². The van der Waals surface area contributed by atoms with Crippen molar-refractivity contribution < 1.29 is 27.2 Å². The van der Waals surface area contributed by atoms with Crippen molar-refractivity contribution in [3.05, 3.63) is 59.9 Å². The molecule has 136 valence electrons. The highest BCUT2D eigenvalue weighted by Gasteiger charge is 2.37. The van der Waals surface area contributed by atoms with Crippen LogP contribution in [-0.2, 0) is 15.8 Å². The molecule has 4 nitrogen and oxygen atoms in total. The van der Waals surface area contributed by atoms with Crippen molar-refractivity contribution in [3.63, 3.8) is 0 Å². The van der Waals surface area contributed by atoms with Gasteiger partial charge in [0, 0.05) is 18.7 Å². The van der Waals surface area contributed by atoms with Gasteiger partial charge >= 0.3 is 6.18 Å². The van der Waals surface area contributed by atoms with Crippen molar-refractivity contribution in [1.82, 2.24) is 0 Å². The van der Waals surface area contributed by atoms with Gasteiger partial charge in [-0.05, 0) is 30.3 Å². The van der Waals surface area contributed by atoms with Crippen molar-refractivity contribution >= 4 is 23.2 Å². The van der Waals surface area contributed by atoms with Crippen LogP contribution in [0.4, 0.5) is 28.9 Å². The molecule has 26 heavy (non-hydrogen) atoms. The topological polar surface area (TPSA) is 49.4 Å². The van der Waals surface area contributed by atoms with Crippen LogP contribution in [0.15, 0.2) is 48.5 Å². The Labute approximate surface area is 146 Å². The van der Waals surface area contributed by atoms with Gasteiger partial charge in [-0.2, -0.15) is 13.2 Å². The molecule has 0 bridgehead atoms. The Kier molecular flexibility index (Phi) is 4.67. The molecule has 1 atom stereocenters. The highest BCUT2D eigenvalue weighted by atomic mass is 19.4. The summed E-state index contributed by atoms with van der Waals surface area (Å²) in [5, 5.41) is 2.41. The first kappa shape index (κ1) is 17.9. The van der Waals surface area contributed by atoms with Crippen LogP contribution in [0.3, 0.4) is 0 Å². The molecule has 1 fully saturated rings. The zero-order chi connectivity index (χ0) is 18.9. The molecule has 1 saturated heterocycles. The fourth-order valence-electron chi connectivity index (χ4n) is 2.78. The van der Waals surface area contributed by atoms with Crippen molar-refractivity contribution in [2.45, 2.75) is 12.6 Å². The number of amides is 2. The molecule has 2 aromatic rings. The van der Waals surface area contributed by atoms with E-state index >= 15 is 0 Å². The standard InChI is InChI=1S/C18H14F4N2O2/c19-14-6-1-2-7-15(14)23-17(26)11-8-16(25)24(10-11)13-5-3-4-12(9-13)18(20,21)22/h1-7,9,11H,8,10H2,(H,23,26). The molecule has 0 radical (unpaired) electrons. The molecule has 1 unspecified atom stereocenters. The second kappa shape index (κ2) is 6.78. The van der Waals surface area contributed by atoms with Gasteiger partial charge < -0.3 is 10.2 Å². The molecule has 0 aromatic heterocycles. The first-order valence-corrected chi connectivity index (χ1v) is 7.79. The number of carbonyl (C=O) groups is 2. The van der Waals surface area contributed by atoms with Crippen LogP contribution in [0.5, 0.6) is 0 Å². The number of para-hydroxylation sites is 1. The number of hydrogen-bond acceptors (Lipinski definition) is 2. The van der Waals surface area contributed by atoms with Gasteiger partial charge in [-0.3, -0.25) is 9.59 Å². The van der Waals surface area contributed by atoms with Gasteiger partial charge in [-0.15, -0.1) is 0 Å². The SMILES string of the molecule is O=C(Nc1ccccc1F)C1CC(=O)N(c2cccc(C(F)(F)F)c2)C1. The highest BCUT2D eigenvalue weighted by Crippen LogP contribution is 2.33. The molecule has 1 heterocycles. The van der Waals surface area contributed by atoms with E-state index in [1.54, 1.807) is 6.07 Å². The first-order valence-electron chi connectivity index (χ1n) is 7.79. The lowest BCUT2D eigenvalue weighted by Gasteiger charge is -2.18. The molecule has 1 N–H and O–H groups in total. The maximum Gasteiger partial charge on any atom is 0.416 e. The van der Waals surface area contributed by atoms with Crippen molar-refractivity contribution in [2.24, 2.45) is 5.92 Å². The minimum atomic E-state index is -4.53. The number of nitrogens with one attached hydrogen (secondary N) is 1. The Bertz CT molecular complexity index is 851. The third-order valence-corrected chi connectivity index (χ3v) is 4.11. The van der Waals surface area contributed by atoms with E-state index in [0.717, 1.165) is 17.0 Å². The Hall–Kier alpha value is -2.90. The lowest BCUT2D eigenvalue weighted by molar-refractivity contribution is -0.137. The number of nitrogens with zero attached hydrogens (tertiary/aromatic N) is 1. The summed E-state index contributed by atoms with van der Waals surface area (Å²) >= 11 is 0. The van der Waals surface area contributed by atoms with Crippen molar-refractivity contribution in [1.29, 1.82) is 0 Å². The minimum absolute atomic E-state index is 0.0116. The molecular formula is C18H14F4N2O2. The summed E-state index contributed by atoms with van der Waals surface area (Å²) in [4.78, 5) is 25.6. The van der Waals surface area contributed by atoms with E-state index in [2.05, 4.69) is 5.32 Å². The van der Waals surface area contributed by atoms with Crippen molar-refractivity contribution in [2.75, 3.05) is 16.8 Å². The molecular weight excluding hydrogens is 352 g/mol. The lowest BCUT2D eigenvalue weighted by atomic mass is 10.1. The van der Waals surface area contributed by atoms with Crippen LogP contribution in [0.1, 0.15) is 12.0 Å². The summed E-state index contributed by atoms with van der Waals surface area (Å²) in [6, 6.07) is 9.95. The quantitative estimate of drug-likeness (QED) is 0.840. The van der Waals surface area contributed by atoms with Gasteiger partial charge in [-0.25, -0.2) is 4.39 Å². The summed E-state index contributed by atoms with van der Waals surface area (Å²) in [6.45, 7) is -0.0690. The largest absolute Gasteiger partial charge is 0.416 e. The van der Waals surface area contributed by atoms with E-state index in [1.165, 1.54) is 30.3 Å². The molecule has 8 heteroatoms. The Morgan fingerprint density at radius 1 is 1.12 bits per heavy atom. The molecule has 1 aliphatic rings. The van der Waals surface area contributed by atoms with Crippen LogP contribution < -0.4 is 10.2 Å². The second-order valence-corrected chi connectivity index (χ2v) is 5.92. The number of benzene rings is 2. The molecule has 0 spiro atoms. The zero-order valence-electron chi connectivity index (χ0n) is 13.4. The predicted molar refractivity (Wildman–Crippen MR) is 86.9 cm³/mol. The average Bonchev–Trinajstić information content (AvgIpc) is 2.98. The number of anilines is 2. The van der Waals surface area contributed by atoms with Gasteiger partial charge in [0.05, 0.1) is 17.2 Å². The van der Waals surface area contributed by atoms with E-state index < -0.39 is 35.3 Å². The van der Waals surface area contributed by atoms with Gasteiger partial charge in [0.15, 0.2) is 0 Å². The fourth-order valence-corrected chi connectivity index (χ4v) is 2.78. The van der Waals surface area contributed by atoms with E-state index in [0.29, 0.717) is 0 Å². The van der Waals surface area contributed by atoms with Crippen LogP contribution in [-0.4, -0.2) is 18.4 Å². The predicted octanol–water partition coefficient (Wildman–Crippen LogP) is 3.84. The molecule has 2 aromatic carbocycles. The summed E-state index contributed by atoms with van der Waals surface area (Å²) in [5.41, 5.74) is -0.810. The van der Waals surface area contributed by atoms with Crippen LogP contribution in [0.2, 0.25) is 0 Å². The molecule has 0 saturated carbocycles. The summed E-state index contributed by atoms with van der Waals surface area (Å²) in [7, 11) is 0. The van der Waals surface area contributed by atoms with E-state index in [1.807, 2.05) is 0 Å². The third kappa shape index (κ3) is 3.68. The third-order valence-electron chi connectivity index (χ3n) is 4.11. The van der Waals surface area contributed by atoms with Crippen molar-refractivity contribution in [3.8, 4) is 0 Å². The average molecular weight is 366 g/mol. The lowest BCUT2D eigenvalue weighted by Crippen LogP contribution is -2.28. The normalized spacial score (nSPS) is 17.5. The summed E-state index contributed by atoms with van der Waals surface area (Å²) < 4.78 is 52.1. The maximum atomic E-state index is 13.6.